The predicted octanol–water partition coefficient (Wildman–Crippen LogP) is 7.16. The van der Waals surface area contributed by atoms with E-state index in [-0.39, 0.29) is 6.61 Å². The van der Waals surface area contributed by atoms with Crippen molar-refractivity contribution in [1.29, 1.82) is 0 Å². The summed E-state index contributed by atoms with van der Waals surface area (Å²) in [4.78, 5) is 0. The third-order valence-electron chi connectivity index (χ3n) is 8.22. The van der Waals surface area contributed by atoms with E-state index in [2.05, 4.69) is 45.9 Å². The zero-order valence-corrected chi connectivity index (χ0v) is 19.7. The van der Waals surface area contributed by atoms with Crippen LogP contribution in [0.1, 0.15) is 103 Å². The summed E-state index contributed by atoms with van der Waals surface area (Å²) in [7, 11) is 0. The third kappa shape index (κ3) is 5.37. The Bertz CT molecular complexity index is 706. The number of allylic oxidation sites excluding steroid dienone is 1. The second-order valence-corrected chi connectivity index (χ2v) is 10.8. The number of hydrogen-bond donors (Lipinski definition) is 2. The molecule has 5 atom stereocenters. The number of benzene rings is 1. The molecular formula is C28H44O2. The third-order valence-corrected chi connectivity index (χ3v) is 8.22. The van der Waals surface area contributed by atoms with Crippen molar-refractivity contribution in [3.63, 3.8) is 0 Å². The summed E-state index contributed by atoms with van der Waals surface area (Å²) >= 11 is 0. The van der Waals surface area contributed by atoms with Crippen molar-refractivity contribution in [1.82, 2.24) is 0 Å². The summed E-state index contributed by atoms with van der Waals surface area (Å²) in [6.07, 6.45) is 13.0. The fourth-order valence-electron chi connectivity index (χ4n) is 6.60. The van der Waals surface area contributed by atoms with E-state index in [9.17, 15) is 5.11 Å². The number of hydrogen-bond acceptors (Lipinski definition) is 2. The van der Waals surface area contributed by atoms with Crippen molar-refractivity contribution in [2.45, 2.75) is 91.6 Å². The summed E-state index contributed by atoms with van der Waals surface area (Å²) in [5.74, 6) is 3.22. The van der Waals surface area contributed by atoms with E-state index >= 15 is 0 Å². The minimum absolute atomic E-state index is 0.0175. The van der Waals surface area contributed by atoms with Gasteiger partial charge >= 0.3 is 0 Å². The van der Waals surface area contributed by atoms with Crippen molar-refractivity contribution >= 4 is 6.08 Å². The smallest absolute Gasteiger partial charge is 0.0812 e. The summed E-state index contributed by atoms with van der Waals surface area (Å²) in [6.45, 7) is 9.80. The highest BCUT2D eigenvalue weighted by Crippen LogP contribution is 2.60. The maximum Gasteiger partial charge on any atom is 0.0812 e. The van der Waals surface area contributed by atoms with Crippen molar-refractivity contribution in [3.8, 4) is 0 Å². The molecule has 1 unspecified atom stereocenters. The van der Waals surface area contributed by atoms with Crippen molar-refractivity contribution in [3.05, 3.63) is 41.0 Å². The Morgan fingerprint density at radius 1 is 1.13 bits per heavy atom. The molecule has 0 heterocycles. The van der Waals surface area contributed by atoms with Gasteiger partial charge in [0, 0.05) is 13.0 Å². The number of aliphatic hydroxyl groups is 2. The van der Waals surface area contributed by atoms with E-state index in [0.29, 0.717) is 11.8 Å². The molecule has 168 valence electrons. The minimum Gasteiger partial charge on any atom is -0.396 e. The molecular weight excluding hydrogens is 368 g/mol. The van der Waals surface area contributed by atoms with Crippen molar-refractivity contribution < 1.29 is 10.2 Å². The van der Waals surface area contributed by atoms with Crippen LogP contribution in [-0.2, 0) is 0 Å². The molecule has 2 aliphatic carbocycles. The van der Waals surface area contributed by atoms with Crippen LogP contribution in [0, 0.1) is 29.1 Å². The Morgan fingerprint density at radius 3 is 2.67 bits per heavy atom. The average molecular weight is 413 g/mol. The van der Waals surface area contributed by atoms with Gasteiger partial charge in [0.1, 0.15) is 0 Å². The van der Waals surface area contributed by atoms with Gasteiger partial charge in [-0.1, -0.05) is 76.8 Å². The molecule has 1 aromatic rings. The number of aliphatic hydroxyl groups excluding tert-OH is 2. The fourth-order valence-corrected chi connectivity index (χ4v) is 6.60. The van der Waals surface area contributed by atoms with Crippen LogP contribution in [0.5, 0.6) is 0 Å². The second-order valence-electron chi connectivity index (χ2n) is 10.8. The number of rotatable bonds is 9. The topological polar surface area (TPSA) is 40.5 Å². The SMILES string of the molecule is CC(C)CCC[C@@H](C)[C@H]1CC[C@H]2/C(=C/c3cccc(C(O)CCO)c3)CCC[C@]12C. The lowest BCUT2D eigenvalue weighted by molar-refractivity contribution is 0.0935. The van der Waals surface area contributed by atoms with E-state index in [1.165, 1.54) is 56.9 Å². The molecule has 2 saturated carbocycles. The summed E-state index contributed by atoms with van der Waals surface area (Å²) in [5.41, 5.74) is 4.21. The van der Waals surface area contributed by atoms with Gasteiger partial charge in [0.2, 0.25) is 0 Å². The first kappa shape index (κ1) is 23.5. The highest BCUT2D eigenvalue weighted by Gasteiger charge is 2.50. The highest BCUT2D eigenvalue weighted by atomic mass is 16.3. The molecule has 2 fully saturated rings. The predicted molar refractivity (Wildman–Crippen MR) is 127 cm³/mol. The Kier molecular flexibility index (Phi) is 8.21. The van der Waals surface area contributed by atoms with Gasteiger partial charge < -0.3 is 10.2 Å². The van der Waals surface area contributed by atoms with E-state index in [0.717, 1.165) is 29.2 Å². The first-order chi connectivity index (χ1) is 14.3. The van der Waals surface area contributed by atoms with Crippen LogP contribution in [-0.4, -0.2) is 16.8 Å². The average Bonchev–Trinajstić information content (AvgIpc) is 3.06. The lowest BCUT2D eigenvalue weighted by Gasteiger charge is -2.44. The molecule has 0 radical (unpaired) electrons. The van der Waals surface area contributed by atoms with Gasteiger partial charge in [-0.15, -0.1) is 0 Å². The Hall–Kier alpha value is -1.12. The van der Waals surface area contributed by atoms with Crippen molar-refractivity contribution in [2.75, 3.05) is 6.61 Å². The van der Waals surface area contributed by atoms with E-state index in [4.69, 9.17) is 5.11 Å². The Labute approximate surface area is 184 Å². The summed E-state index contributed by atoms with van der Waals surface area (Å²) in [6, 6.07) is 8.28. The molecule has 0 amide bonds. The zero-order valence-electron chi connectivity index (χ0n) is 19.7. The van der Waals surface area contributed by atoms with Gasteiger partial charge in [-0.3, -0.25) is 0 Å². The van der Waals surface area contributed by atoms with Crippen LogP contribution in [0.15, 0.2) is 29.8 Å². The van der Waals surface area contributed by atoms with Crippen LogP contribution in [0.2, 0.25) is 0 Å². The molecule has 3 rings (SSSR count). The lowest BCUT2D eigenvalue weighted by atomic mass is 9.60. The standard InChI is InChI=1S/C28H44O2/c1-20(2)8-5-9-21(3)25-13-14-26-23(12-7-16-28(25,26)4)18-22-10-6-11-24(19-22)27(30)15-17-29/h6,10-11,18-21,25-27,29-30H,5,7-9,12-17H2,1-4H3/b23-18+/t21-,25-,26+,27?,28-/m1/s1. The molecule has 0 aliphatic heterocycles. The van der Waals surface area contributed by atoms with Gasteiger partial charge in [0.25, 0.3) is 0 Å². The largest absolute Gasteiger partial charge is 0.396 e. The number of fused-ring (bicyclic) bond motifs is 1. The normalized spacial score (nSPS) is 29.9. The first-order valence-electron chi connectivity index (χ1n) is 12.4. The maximum absolute atomic E-state index is 10.3. The lowest BCUT2D eigenvalue weighted by Crippen LogP contribution is -2.36. The summed E-state index contributed by atoms with van der Waals surface area (Å²) < 4.78 is 0. The van der Waals surface area contributed by atoms with Crippen LogP contribution in [0.3, 0.4) is 0 Å². The molecule has 0 spiro atoms. The Morgan fingerprint density at radius 2 is 1.93 bits per heavy atom. The quantitative estimate of drug-likeness (QED) is 0.451. The molecule has 2 aliphatic rings. The molecule has 2 nitrogen and oxygen atoms in total. The molecule has 0 bridgehead atoms. The fraction of sp³-hybridized carbons (Fsp3) is 0.714. The highest BCUT2D eigenvalue weighted by molar-refractivity contribution is 5.55. The van der Waals surface area contributed by atoms with Gasteiger partial charge in [0.05, 0.1) is 6.10 Å². The second kappa shape index (κ2) is 10.5. The zero-order chi connectivity index (χ0) is 21.7. The molecule has 2 heteroatoms. The molecule has 30 heavy (non-hydrogen) atoms. The molecule has 0 saturated heterocycles. The summed E-state index contributed by atoms with van der Waals surface area (Å²) in [5, 5.41) is 19.4. The van der Waals surface area contributed by atoms with Crippen LogP contribution < -0.4 is 0 Å². The maximum atomic E-state index is 10.3. The minimum atomic E-state index is -0.576. The Balaban J connectivity index is 1.74. The van der Waals surface area contributed by atoms with E-state index in [1.807, 2.05) is 12.1 Å². The van der Waals surface area contributed by atoms with Gasteiger partial charge in [0.15, 0.2) is 0 Å². The molecule has 0 aromatic heterocycles. The van der Waals surface area contributed by atoms with Gasteiger partial charge in [-0.25, -0.2) is 0 Å². The van der Waals surface area contributed by atoms with Gasteiger partial charge in [-0.2, -0.15) is 0 Å². The first-order valence-corrected chi connectivity index (χ1v) is 12.4. The van der Waals surface area contributed by atoms with Crippen LogP contribution in [0.4, 0.5) is 0 Å². The van der Waals surface area contributed by atoms with Crippen LogP contribution in [0.25, 0.3) is 6.08 Å². The molecule has 1 aromatic carbocycles. The van der Waals surface area contributed by atoms with Crippen molar-refractivity contribution in [2.24, 2.45) is 29.1 Å². The van der Waals surface area contributed by atoms with Gasteiger partial charge in [-0.05, 0) is 78.4 Å². The monoisotopic (exact) mass is 412 g/mol. The van der Waals surface area contributed by atoms with E-state index < -0.39 is 6.10 Å². The van der Waals surface area contributed by atoms with E-state index in [1.54, 1.807) is 5.57 Å². The van der Waals surface area contributed by atoms with Crippen LogP contribution >= 0.6 is 0 Å². The molecule has 2 N–H and O–H groups in total.